The van der Waals surface area contributed by atoms with Gasteiger partial charge in [-0.2, -0.15) is 13.2 Å². The van der Waals surface area contributed by atoms with E-state index in [-0.39, 0.29) is 0 Å². The van der Waals surface area contributed by atoms with Gasteiger partial charge in [0, 0.05) is 0 Å². The molecule has 14 heavy (non-hydrogen) atoms. The van der Waals surface area contributed by atoms with Gasteiger partial charge in [-0.25, -0.2) is 8.42 Å². The lowest BCUT2D eigenvalue weighted by Gasteiger charge is -1.99. The number of rotatable bonds is 2. The Morgan fingerprint density at radius 3 is 1.93 bits per heavy atom. The summed E-state index contributed by atoms with van der Waals surface area (Å²) >= 11 is 0. The molecule has 1 aromatic carbocycles. The van der Waals surface area contributed by atoms with Crippen molar-refractivity contribution in [3.05, 3.63) is 41.6 Å². The van der Waals surface area contributed by atoms with Crippen molar-refractivity contribution >= 4 is 9.84 Å². The van der Waals surface area contributed by atoms with Gasteiger partial charge in [0.2, 0.25) is 9.84 Å². The Hall–Kier alpha value is -1.30. The topological polar surface area (TPSA) is 34.1 Å². The summed E-state index contributed by atoms with van der Waals surface area (Å²) in [4.78, 5) is -0.495. The minimum Gasteiger partial charge on any atom is -0.216 e. The Labute approximate surface area is 78.6 Å². The highest BCUT2D eigenvalue weighted by atomic mass is 32.2. The molecule has 0 atom stereocenters. The van der Waals surface area contributed by atoms with Crippen LogP contribution < -0.4 is 0 Å². The Bertz CT molecular complexity index is 447. The number of hydrogen-bond donors (Lipinski definition) is 0. The molecular weight excluding hydrogens is 217 g/mol. The second-order valence-electron chi connectivity index (χ2n) is 2.35. The molecule has 1 aromatic rings. The lowest BCUT2D eigenvalue weighted by molar-refractivity contribution is 0.390. The normalized spacial score (nSPS) is 11.1. The van der Waals surface area contributed by atoms with Crippen LogP contribution >= 0.6 is 0 Å². The van der Waals surface area contributed by atoms with Crippen molar-refractivity contribution in [2.45, 2.75) is 4.90 Å². The van der Waals surface area contributed by atoms with E-state index in [1.807, 2.05) is 0 Å². The number of sulfone groups is 1. The average Bonchev–Trinajstić information content (AvgIpc) is 2.18. The van der Waals surface area contributed by atoms with Crippen molar-refractivity contribution in [2.24, 2.45) is 0 Å². The largest absolute Gasteiger partial charge is 0.317 e. The van der Waals surface area contributed by atoms with Crippen molar-refractivity contribution in [2.75, 3.05) is 0 Å². The van der Waals surface area contributed by atoms with E-state index in [1.54, 1.807) is 0 Å². The first-order valence-electron chi connectivity index (χ1n) is 3.47. The van der Waals surface area contributed by atoms with E-state index in [1.165, 1.54) is 18.2 Å². The molecule has 0 radical (unpaired) electrons. The van der Waals surface area contributed by atoms with Crippen molar-refractivity contribution in [3.63, 3.8) is 0 Å². The van der Waals surface area contributed by atoms with Crippen molar-refractivity contribution in [3.8, 4) is 0 Å². The predicted molar refractivity (Wildman–Crippen MR) is 44.0 cm³/mol. The molecule has 0 aliphatic heterocycles. The molecule has 0 bridgehead atoms. The summed E-state index contributed by atoms with van der Waals surface area (Å²) in [6.07, 6.45) is -2.84. The van der Waals surface area contributed by atoms with E-state index in [2.05, 4.69) is 0 Å². The van der Waals surface area contributed by atoms with E-state index in [9.17, 15) is 21.6 Å². The van der Waals surface area contributed by atoms with E-state index in [4.69, 9.17) is 0 Å². The lowest BCUT2D eigenvalue weighted by atomic mass is 10.4. The Morgan fingerprint density at radius 1 is 1.00 bits per heavy atom. The SMILES string of the molecule is O=S(=O)(C(F)=C(F)F)c1ccccc1. The van der Waals surface area contributed by atoms with Crippen LogP contribution in [0.5, 0.6) is 0 Å². The van der Waals surface area contributed by atoms with Gasteiger partial charge in [-0.15, -0.1) is 0 Å². The van der Waals surface area contributed by atoms with E-state index in [0.717, 1.165) is 12.1 Å². The molecule has 0 aromatic heterocycles. The fraction of sp³-hybridized carbons (Fsp3) is 0. The summed E-state index contributed by atoms with van der Waals surface area (Å²) in [5.74, 6) is 0. The second kappa shape index (κ2) is 3.83. The maximum atomic E-state index is 12.5. The second-order valence-corrected chi connectivity index (χ2v) is 4.19. The highest BCUT2D eigenvalue weighted by molar-refractivity contribution is 7.95. The van der Waals surface area contributed by atoms with Crippen LogP contribution in [0.15, 0.2) is 46.5 Å². The molecule has 1 rings (SSSR count). The third-order valence-corrected chi connectivity index (χ3v) is 2.96. The van der Waals surface area contributed by atoms with Gasteiger partial charge in [-0.1, -0.05) is 18.2 Å². The third kappa shape index (κ3) is 1.95. The highest BCUT2D eigenvalue weighted by Gasteiger charge is 2.25. The maximum Gasteiger partial charge on any atom is 0.317 e. The number of hydrogen-bond acceptors (Lipinski definition) is 2. The first-order valence-corrected chi connectivity index (χ1v) is 4.95. The Balaban J connectivity index is 3.31. The van der Waals surface area contributed by atoms with Crippen LogP contribution in [0.4, 0.5) is 13.2 Å². The molecule has 0 aliphatic rings. The smallest absolute Gasteiger partial charge is 0.216 e. The quantitative estimate of drug-likeness (QED) is 0.770. The van der Waals surface area contributed by atoms with Crippen molar-refractivity contribution < 1.29 is 21.6 Å². The summed E-state index contributed by atoms with van der Waals surface area (Å²) in [6.45, 7) is 0. The van der Waals surface area contributed by atoms with Crippen molar-refractivity contribution in [1.29, 1.82) is 0 Å². The van der Waals surface area contributed by atoms with E-state index >= 15 is 0 Å². The first kappa shape index (κ1) is 10.8. The van der Waals surface area contributed by atoms with Crippen LogP contribution in [0.1, 0.15) is 0 Å². The van der Waals surface area contributed by atoms with Crippen LogP contribution in [0, 0.1) is 0 Å². The van der Waals surface area contributed by atoms with Gasteiger partial charge in [0.25, 0.3) is 5.16 Å². The van der Waals surface area contributed by atoms with Gasteiger partial charge in [0.1, 0.15) is 0 Å². The van der Waals surface area contributed by atoms with Crippen LogP contribution in [-0.4, -0.2) is 8.42 Å². The van der Waals surface area contributed by atoms with E-state index in [0.29, 0.717) is 0 Å². The average molecular weight is 222 g/mol. The molecule has 6 heteroatoms. The van der Waals surface area contributed by atoms with Crippen LogP contribution in [-0.2, 0) is 9.84 Å². The first-order chi connectivity index (χ1) is 6.46. The highest BCUT2D eigenvalue weighted by Crippen LogP contribution is 2.23. The summed E-state index contributed by atoms with van der Waals surface area (Å²) in [6, 6.07) is 6.20. The molecule has 0 unspecified atom stereocenters. The van der Waals surface area contributed by atoms with Gasteiger partial charge in [-0.05, 0) is 12.1 Å². The maximum absolute atomic E-state index is 12.5. The number of halogens is 3. The zero-order valence-corrected chi connectivity index (χ0v) is 7.56. The minimum absolute atomic E-state index is 0.495. The van der Waals surface area contributed by atoms with E-state index < -0.39 is 26.0 Å². The Kier molecular flexibility index (Phi) is 2.95. The van der Waals surface area contributed by atoms with Gasteiger partial charge in [0.05, 0.1) is 4.90 Å². The lowest BCUT2D eigenvalue weighted by Crippen LogP contribution is -2.01. The molecule has 76 valence electrons. The van der Waals surface area contributed by atoms with Crippen LogP contribution in [0.25, 0.3) is 0 Å². The monoisotopic (exact) mass is 222 g/mol. The van der Waals surface area contributed by atoms with Gasteiger partial charge in [-0.3, -0.25) is 0 Å². The summed E-state index contributed by atoms with van der Waals surface area (Å²) in [7, 11) is -4.68. The summed E-state index contributed by atoms with van der Waals surface area (Å²) < 4.78 is 58.1. The van der Waals surface area contributed by atoms with Crippen molar-refractivity contribution in [1.82, 2.24) is 0 Å². The van der Waals surface area contributed by atoms with Crippen LogP contribution in [0.2, 0.25) is 0 Å². The molecule has 0 saturated heterocycles. The molecule has 0 saturated carbocycles. The predicted octanol–water partition coefficient (Wildman–Crippen LogP) is 2.50. The molecule has 0 spiro atoms. The van der Waals surface area contributed by atoms with Gasteiger partial charge in [0.15, 0.2) is 0 Å². The standard InChI is InChI=1S/C8H5F3O2S/c9-7(10)8(11)14(12,13)6-4-2-1-3-5-6/h1-5H. The molecular formula is C8H5F3O2S. The summed E-state index contributed by atoms with van der Waals surface area (Å²) in [5, 5.41) is -2.40. The fourth-order valence-electron chi connectivity index (χ4n) is 0.805. The number of benzene rings is 1. The zero-order chi connectivity index (χ0) is 10.8. The molecule has 0 amide bonds. The summed E-state index contributed by atoms with van der Waals surface area (Å²) in [5.41, 5.74) is 0. The van der Waals surface area contributed by atoms with Gasteiger partial charge < -0.3 is 0 Å². The molecule has 2 nitrogen and oxygen atoms in total. The third-order valence-electron chi connectivity index (χ3n) is 1.44. The molecule has 0 fully saturated rings. The molecule has 0 heterocycles. The zero-order valence-electron chi connectivity index (χ0n) is 6.75. The minimum atomic E-state index is -4.68. The Morgan fingerprint density at radius 2 is 1.50 bits per heavy atom. The molecule has 0 N–H and O–H groups in total. The van der Waals surface area contributed by atoms with Gasteiger partial charge >= 0.3 is 6.08 Å². The fourth-order valence-corrected chi connectivity index (χ4v) is 1.73. The van der Waals surface area contributed by atoms with Crippen LogP contribution in [0.3, 0.4) is 0 Å². The molecule has 0 aliphatic carbocycles.